The van der Waals surface area contributed by atoms with Crippen LogP contribution >= 0.6 is 0 Å². The maximum absolute atomic E-state index is 12.8. The average molecular weight is 251 g/mol. The number of nitrogens with zero attached hydrogens (tertiary/aromatic N) is 4. The Kier molecular flexibility index (Phi) is 2.75. The second-order valence-electron chi connectivity index (χ2n) is 4.04. The number of hydrogen-bond acceptors (Lipinski definition) is 4. The first-order valence-electron chi connectivity index (χ1n) is 5.62. The van der Waals surface area contributed by atoms with Gasteiger partial charge in [-0.2, -0.15) is 0 Å². The van der Waals surface area contributed by atoms with Crippen molar-refractivity contribution in [3.05, 3.63) is 41.7 Å². The minimum atomic E-state index is -2.60. The lowest BCUT2D eigenvalue weighted by Crippen LogP contribution is -2.35. The summed E-state index contributed by atoms with van der Waals surface area (Å²) < 4.78 is 27.0. The Bertz CT molecular complexity index is 540. The summed E-state index contributed by atoms with van der Waals surface area (Å²) in [5.41, 5.74) is 0.895. The number of hydrogen-bond donors (Lipinski definition) is 1. The Hall–Kier alpha value is -1.89. The van der Waals surface area contributed by atoms with E-state index in [1.54, 1.807) is 18.5 Å². The zero-order chi connectivity index (χ0) is 12.5. The van der Waals surface area contributed by atoms with Gasteiger partial charge in [0.1, 0.15) is 0 Å². The molecule has 2 aromatic rings. The van der Waals surface area contributed by atoms with Crippen LogP contribution in [0.5, 0.6) is 0 Å². The zero-order valence-electron chi connectivity index (χ0n) is 9.42. The van der Waals surface area contributed by atoms with Crippen LogP contribution < -0.4 is 5.32 Å². The number of rotatable bonds is 2. The van der Waals surface area contributed by atoms with Crippen LogP contribution in [-0.4, -0.2) is 26.3 Å². The van der Waals surface area contributed by atoms with E-state index in [0.29, 0.717) is 18.9 Å². The van der Waals surface area contributed by atoms with Crippen molar-refractivity contribution in [2.45, 2.75) is 19.0 Å². The lowest BCUT2D eigenvalue weighted by atomic mass is 10.1. The molecule has 3 heterocycles. The summed E-state index contributed by atoms with van der Waals surface area (Å²) in [5, 5.41) is 10.7. The van der Waals surface area contributed by atoms with Crippen LogP contribution in [0, 0.1) is 0 Å². The molecule has 0 bridgehead atoms. The van der Waals surface area contributed by atoms with Gasteiger partial charge in [0.25, 0.3) is 6.43 Å². The van der Waals surface area contributed by atoms with Crippen molar-refractivity contribution in [3.8, 4) is 0 Å². The topological polar surface area (TPSA) is 55.6 Å². The quantitative estimate of drug-likeness (QED) is 0.874. The minimum absolute atomic E-state index is 0.229. The van der Waals surface area contributed by atoms with Gasteiger partial charge in [0.2, 0.25) is 0 Å². The first-order chi connectivity index (χ1) is 8.77. The molecule has 0 saturated heterocycles. The zero-order valence-corrected chi connectivity index (χ0v) is 9.42. The number of pyridine rings is 1. The maximum atomic E-state index is 12.8. The summed E-state index contributed by atoms with van der Waals surface area (Å²) in [6.45, 7) is 1.06. The number of fused-ring (bicyclic) bond motifs is 1. The third-order valence-electron chi connectivity index (χ3n) is 2.96. The van der Waals surface area contributed by atoms with Crippen molar-refractivity contribution >= 4 is 0 Å². The van der Waals surface area contributed by atoms with Gasteiger partial charge in [0.05, 0.1) is 6.04 Å². The molecule has 1 atom stereocenters. The Balaban J connectivity index is 2.03. The van der Waals surface area contributed by atoms with Gasteiger partial charge < -0.3 is 9.88 Å². The summed E-state index contributed by atoms with van der Waals surface area (Å²) >= 11 is 0. The van der Waals surface area contributed by atoms with Crippen molar-refractivity contribution in [1.82, 2.24) is 25.1 Å². The molecule has 1 aliphatic rings. The predicted molar refractivity (Wildman–Crippen MR) is 59.1 cm³/mol. The molecule has 3 rings (SSSR count). The SMILES string of the molecule is FC(F)c1nnc2n1CCNC2c1cccnc1. The van der Waals surface area contributed by atoms with E-state index in [-0.39, 0.29) is 11.9 Å². The lowest BCUT2D eigenvalue weighted by Gasteiger charge is -2.25. The van der Waals surface area contributed by atoms with E-state index in [1.807, 2.05) is 6.07 Å². The van der Waals surface area contributed by atoms with Gasteiger partial charge in [0, 0.05) is 25.5 Å². The van der Waals surface area contributed by atoms with E-state index in [0.717, 1.165) is 5.56 Å². The standard InChI is InChI=1S/C11H11F2N5/c12-9(13)11-17-16-10-8(15-4-5-18(10)11)7-2-1-3-14-6-7/h1-3,6,8-9,15H,4-5H2. The molecular weight excluding hydrogens is 240 g/mol. The highest BCUT2D eigenvalue weighted by atomic mass is 19.3. The van der Waals surface area contributed by atoms with Crippen LogP contribution in [0.4, 0.5) is 8.78 Å². The maximum Gasteiger partial charge on any atom is 0.297 e. The highest BCUT2D eigenvalue weighted by Gasteiger charge is 2.29. The molecule has 1 N–H and O–H groups in total. The summed E-state index contributed by atoms with van der Waals surface area (Å²) in [7, 11) is 0. The van der Waals surface area contributed by atoms with Gasteiger partial charge in [-0.05, 0) is 11.6 Å². The third-order valence-corrected chi connectivity index (χ3v) is 2.96. The van der Waals surface area contributed by atoms with Crippen LogP contribution in [0.1, 0.15) is 29.7 Å². The van der Waals surface area contributed by atoms with Crippen molar-refractivity contribution < 1.29 is 8.78 Å². The largest absolute Gasteiger partial charge is 0.307 e. The van der Waals surface area contributed by atoms with E-state index in [1.165, 1.54) is 4.57 Å². The molecule has 0 radical (unpaired) electrons. The fraction of sp³-hybridized carbons (Fsp3) is 0.364. The van der Waals surface area contributed by atoms with Crippen LogP contribution in [0.3, 0.4) is 0 Å². The van der Waals surface area contributed by atoms with Gasteiger partial charge in [-0.25, -0.2) is 8.78 Å². The molecule has 1 unspecified atom stereocenters. The molecule has 0 saturated carbocycles. The van der Waals surface area contributed by atoms with Crippen molar-refractivity contribution in [2.75, 3.05) is 6.54 Å². The fourth-order valence-electron chi connectivity index (χ4n) is 2.16. The van der Waals surface area contributed by atoms with Gasteiger partial charge in [-0.15, -0.1) is 10.2 Å². The number of aromatic nitrogens is 4. The Morgan fingerprint density at radius 2 is 2.28 bits per heavy atom. The first-order valence-corrected chi connectivity index (χ1v) is 5.62. The van der Waals surface area contributed by atoms with Crippen molar-refractivity contribution in [3.63, 3.8) is 0 Å². The molecule has 0 amide bonds. The Morgan fingerprint density at radius 3 is 3.00 bits per heavy atom. The molecule has 94 valence electrons. The van der Waals surface area contributed by atoms with E-state index < -0.39 is 6.43 Å². The van der Waals surface area contributed by atoms with E-state index in [2.05, 4.69) is 20.5 Å². The van der Waals surface area contributed by atoms with Crippen molar-refractivity contribution in [1.29, 1.82) is 0 Å². The van der Waals surface area contributed by atoms with E-state index >= 15 is 0 Å². The number of nitrogens with one attached hydrogen (secondary N) is 1. The molecular formula is C11H11F2N5. The molecule has 0 spiro atoms. The second kappa shape index (κ2) is 4.41. The number of halogens is 2. The minimum Gasteiger partial charge on any atom is -0.307 e. The van der Waals surface area contributed by atoms with Crippen LogP contribution in [0.25, 0.3) is 0 Å². The average Bonchev–Trinajstić information content (AvgIpc) is 2.83. The van der Waals surface area contributed by atoms with Crippen LogP contribution in [0.2, 0.25) is 0 Å². The van der Waals surface area contributed by atoms with Crippen LogP contribution in [0.15, 0.2) is 24.5 Å². The predicted octanol–water partition coefficient (Wildman–Crippen LogP) is 1.30. The lowest BCUT2D eigenvalue weighted by molar-refractivity contribution is 0.133. The smallest absolute Gasteiger partial charge is 0.297 e. The van der Waals surface area contributed by atoms with Gasteiger partial charge in [-0.1, -0.05) is 6.07 Å². The molecule has 1 aliphatic heterocycles. The van der Waals surface area contributed by atoms with E-state index in [9.17, 15) is 8.78 Å². The monoisotopic (exact) mass is 251 g/mol. The van der Waals surface area contributed by atoms with Crippen molar-refractivity contribution in [2.24, 2.45) is 0 Å². The molecule has 7 heteroatoms. The third kappa shape index (κ3) is 1.76. The first kappa shape index (κ1) is 11.2. The summed E-state index contributed by atoms with van der Waals surface area (Å²) in [6.07, 6.45) is 0.769. The molecule has 18 heavy (non-hydrogen) atoms. The second-order valence-corrected chi connectivity index (χ2v) is 4.04. The molecule has 2 aromatic heterocycles. The molecule has 0 aromatic carbocycles. The summed E-state index contributed by atoms with van der Waals surface area (Å²) in [5.74, 6) is 0.255. The molecule has 0 aliphatic carbocycles. The van der Waals surface area contributed by atoms with Gasteiger partial charge >= 0.3 is 0 Å². The molecule has 5 nitrogen and oxygen atoms in total. The van der Waals surface area contributed by atoms with Gasteiger partial charge in [0.15, 0.2) is 11.6 Å². The Morgan fingerprint density at radius 1 is 1.39 bits per heavy atom. The summed E-state index contributed by atoms with van der Waals surface area (Å²) in [4.78, 5) is 4.03. The normalized spacial score (nSPS) is 18.9. The van der Waals surface area contributed by atoms with Gasteiger partial charge in [-0.3, -0.25) is 4.98 Å². The highest BCUT2D eigenvalue weighted by molar-refractivity contribution is 5.23. The fourth-order valence-corrected chi connectivity index (χ4v) is 2.16. The number of alkyl halides is 2. The Labute approximate surface area is 102 Å². The van der Waals surface area contributed by atoms with E-state index in [4.69, 9.17) is 0 Å². The molecule has 0 fully saturated rings. The highest BCUT2D eigenvalue weighted by Crippen LogP contribution is 2.26. The van der Waals surface area contributed by atoms with Crippen LogP contribution in [-0.2, 0) is 6.54 Å². The summed E-state index contributed by atoms with van der Waals surface area (Å²) in [6, 6.07) is 3.46.